The van der Waals surface area contributed by atoms with Crippen LogP contribution in [0.3, 0.4) is 0 Å². The summed E-state index contributed by atoms with van der Waals surface area (Å²) >= 11 is 0. The Kier molecular flexibility index (Phi) is 14.1. The highest BCUT2D eigenvalue weighted by Gasteiger charge is 2.37. The van der Waals surface area contributed by atoms with Gasteiger partial charge in [0.05, 0.1) is 37.7 Å². The molecule has 1 aromatic rings. The summed E-state index contributed by atoms with van der Waals surface area (Å²) in [4.78, 5) is 22.3. The van der Waals surface area contributed by atoms with Gasteiger partial charge < -0.3 is 24.3 Å². The van der Waals surface area contributed by atoms with Crippen molar-refractivity contribution in [1.29, 1.82) is 0 Å². The highest BCUT2D eigenvalue weighted by molar-refractivity contribution is 5.72. The molecule has 13 heteroatoms. The molecule has 0 aromatic heterocycles. The maximum Gasteiger partial charge on any atom is 0.416 e. The summed E-state index contributed by atoms with van der Waals surface area (Å²) in [6.45, 7) is 8.41. The summed E-state index contributed by atoms with van der Waals surface area (Å²) in [5.41, 5.74) is -0.634. The first-order valence-corrected chi connectivity index (χ1v) is 13.1. The number of nitrogens with zero attached hydrogens (tertiary/aromatic N) is 1. The number of ether oxygens (including phenoxy) is 3. The number of likely N-dealkylation sites (tertiary alicyclic amines) is 1. The molecule has 0 spiro atoms. The van der Waals surface area contributed by atoms with Crippen LogP contribution in [0, 0.1) is 5.92 Å². The summed E-state index contributed by atoms with van der Waals surface area (Å²) in [5.74, 6) is 1.92. The smallest absolute Gasteiger partial charge is 0.416 e. The minimum Gasteiger partial charge on any atom is -0.497 e. The van der Waals surface area contributed by atoms with Crippen molar-refractivity contribution in [3.8, 4) is 0 Å². The number of halogens is 6. The molecule has 7 nitrogen and oxygen atoms in total. The lowest BCUT2D eigenvalue weighted by Gasteiger charge is -2.29. The Morgan fingerprint density at radius 3 is 2.05 bits per heavy atom. The number of carbonyl (C=O) groups is 2. The van der Waals surface area contributed by atoms with E-state index in [1.54, 1.807) is 19.1 Å². The van der Waals surface area contributed by atoms with Gasteiger partial charge in [-0.2, -0.15) is 26.3 Å². The van der Waals surface area contributed by atoms with Crippen LogP contribution >= 0.6 is 0 Å². The van der Waals surface area contributed by atoms with Crippen LogP contribution in [0.5, 0.6) is 0 Å². The van der Waals surface area contributed by atoms with Gasteiger partial charge in [-0.1, -0.05) is 13.0 Å². The number of allylic oxidation sites excluding steroid dienone is 3. The van der Waals surface area contributed by atoms with E-state index in [1.807, 2.05) is 19.8 Å². The van der Waals surface area contributed by atoms with E-state index in [1.165, 1.54) is 7.05 Å². The second kappa shape index (κ2) is 16.2. The van der Waals surface area contributed by atoms with Gasteiger partial charge in [0.2, 0.25) is 0 Å². The first kappa shape index (κ1) is 36.5. The molecule has 1 heterocycles. The van der Waals surface area contributed by atoms with Crippen molar-refractivity contribution >= 4 is 12.9 Å². The van der Waals surface area contributed by atoms with Crippen molar-refractivity contribution in [1.82, 2.24) is 10.2 Å². The summed E-state index contributed by atoms with van der Waals surface area (Å²) in [5, 5.41) is 2.51. The molecule has 1 N–H and O–H groups in total. The lowest BCUT2D eigenvalue weighted by atomic mass is 9.96. The predicted octanol–water partition coefficient (Wildman–Crippen LogP) is 7.24. The third-order valence-corrected chi connectivity index (χ3v) is 6.38. The molecule has 1 aromatic carbocycles. The maximum atomic E-state index is 12.5. The van der Waals surface area contributed by atoms with Crippen molar-refractivity contribution in [2.45, 2.75) is 65.0 Å². The quantitative estimate of drug-likeness (QED) is 0.355. The van der Waals surface area contributed by atoms with Gasteiger partial charge in [-0.05, 0) is 69.0 Å². The van der Waals surface area contributed by atoms with Gasteiger partial charge in [-0.3, -0.25) is 4.90 Å². The van der Waals surface area contributed by atoms with Gasteiger partial charge in [0.15, 0.2) is 5.76 Å². The van der Waals surface area contributed by atoms with Gasteiger partial charge in [-0.15, -0.1) is 0 Å². The molecule has 2 aliphatic rings. The Balaban J connectivity index is 0.000000413. The summed E-state index contributed by atoms with van der Waals surface area (Å²) in [6, 6.07) is 1.58. The number of hydrogen-bond donors (Lipinski definition) is 1. The normalized spacial score (nSPS) is 18.9. The van der Waals surface area contributed by atoms with Gasteiger partial charge in [-0.25, -0.2) is 4.79 Å². The molecule has 1 aliphatic carbocycles. The third kappa shape index (κ3) is 10.1. The lowest BCUT2D eigenvalue weighted by Crippen LogP contribution is -2.38. The van der Waals surface area contributed by atoms with Crippen molar-refractivity contribution in [2.75, 3.05) is 27.9 Å². The monoisotopic (exact) mass is 608 g/mol. The zero-order valence-corrected chi connectivity index (χ0v) is 24.5. The van der Waals surface area contributed by atoms with Crippen LogP contribution in [0.4, 0.5) is 31.1 Å². The topological polar surface area (TPSA) is 77.1 Å². The molecular weight excluding hydrogens is 570 g/mol. The van der Waals surface area contributed by atoms with Crippen molar-refractivity contribution in [3.05, 3.63) is 69.8 Å². The Morgan fingerprint density at radius 1 is 1.02 bits per heavy atom. The Hall–Kier alpha value is -3.48. The minimum absolute atomic E-state index is 0.0605. The number of carbonyl (C=O) groups excluding carboxylic acids is 2. The number of methoxy groups -OCH3 is 2. The fraction of sp³-hybridized carbons (Fsp3) is 0.517. The van der Waals surface area contributed by atoms with Crippen LogP contribution in [0.1, 0.15) is 56.7 Å². The first-order chi connectivity index (χ1) is 19.7. The zero-order chi connectivity index (χ0) is 32.3. The van der Waals surface area contributed by atoms with E-state index in [2.05, 4.69) is 25.2 Å². The van der Waals surface area contributed by atoms with Gasteiger partial charge in [0, 0.05) is 25.1 Å². The van der Waals surface area contributed by atoms with Crippen molar-refractivity contribution in [2.24, 2.45) is 5.92 Å². The van der Waals surface area contributed by atoms with E-state index in [-0.39, 0.29) is 30.3 Å². The predicted molar refractivity (Wildman–Crippen MR) is 145 cm³/mol. The summed E-state index contributed by atoms with van der Waals surface area (Å²) in [6.07, 6.45) is -3.31. The molecule has 1 aliphatic heterocycles. The van der Waals surface area contributed by atoms with E-state index >= 15 is 0 Å². The van der Waals surface area contributed by atoms with Gasteiger partial charge in [0.1, 0.15) is 12.5 Å². The number of alkyl halides is 6. The minimum atomic E-state index is -4.79. The number of nitrogens with one attached hydrogen (secondary N) is 1. The van der Waals surface area contributed by atoms with E-state index in [4.69, 9.17) is 19.0 Å². The largest absolute Gasteiger partial charge is 0.497 e. The average Bonchev–Trinajstić information content (AvgIpc) is 3.15. The fourth-order valence-corrected chi connectivity index (χ4v) is 4.67. The van der Waals surface area contributed by atoms with E-state index < -0.39 is 23.5 Å². The molecule has 0 bridgehead atoms. The highest BCUT2D eigenvalue weighted by Crippen LogP contribution is 2.38. The van der Waals surface area contributed by atoms with Crippen molar-refractivity contribution in [3.63, 3.8) is 0 Å². The van der Waals surface area contributed by atoms with Gasteiger partial charge in [0.25, 0.3) is 0 Å². The third-order valence-electron chi connectivity index (χ3n) is 6.38. The molecule has 2 unspecified atom stereocenters. The lowest BCUT2D eigenvalue weighted by molar-refractivity contribution is -0.143. The fourth-order valence-electron chi connectivity index (χ4n) is 4.67. The molecule has 0 saturated carbocycles. The van der Waals surface area contributed by atoms with E-state index in [0.717, 1.165) is 29.9 Å². The van der Waals surface area contributed by atoms with E-state index in [9.17, 15) is 31.1 Å². The van der Waals surface area contributed by atoms with E-state index in [0.29, 0.717) is 36.8 Å². The highest BCUT2D eigenvalue weighted by atomic mass is 19.4. The molecule has 0 radical (unpaired) electrons. The summed E-state index contributed by atoms with van der Waals surface area (Å²) < 4.78 is 90.5. The van der Waals surface area contributed by atoms with Crippen LogP contribution in [0.25, 0.3) is 0 Å². The Labute approximate surface area is 242 Å². The van der Waals surface area contributed by atoms with Crippen LogP contribution < -0.4 is 5.32 Å². The maximum absolute atomic E-state index is 12.5. The molecule has 42 heavy (non-hydrogen) atoms. The molecule has 236 valence electrons. The number of hydrogen-bond acceptors (Lipinski definition) is 6. The number of amides is 1. The first-order valence-electron chi connectivity index (χ1n) is 13.1. The Bertz CT molecular complexity index is 1110. The summed E-state index contributed by atoms with van der Waals surface area (Å²) in [7, 11) is 4.70. The van der Waals surface area contributed by atoms with Crippen LogP contribution in [-0.4, -0.2) is 51.7 Å². The average molecular weight is 609 g/mol. The standard InChI is InChI=1S/C18H27NO4.C10H9F6N.CH2O/c1-6-23-18(20)19-13(3)9-12(2)10-14-7-8-16(21-4)17(22-5)11-15(14)19;1-17-5-6-2-7(9(11,12)13)4-8(3-6)10(14,15)16;1-2/h7,11-13H,6,8-10H2,1-5H3;2-4,17H,5H2,1H3;1H2. The van der Waals surface area contributed by atoms with Crippen LogP contribution in [0.2, 0.25) is 0 Å². The Morgan fingerprint density at radius 2 is 1.60 bits per heavy atom. The molecule has 2 atom stereocenters. The number of fused-ring (bicyclic) bond motifs is 1. The van der Waals surface area contributed by atoms with Gasteiger partial charge >= 0.3 is 18.4 Å². The number of benzene rings is 1. The molecule has 1 saturated heterocycles. The molecular formula is C29H38F6N2O5. The second-order valence-electron chi connectivity index (χ2n) is 9.57. The van der Waals surface area contributed by atoms with Crippen LogP contribution in [-0.2, 0) is 37.9 Å². The van der Waals surface area contributed by atoms with Crippen LogP contribution in [0.15, 0.2) is 53.1 Å². The number of rotatable bonds is 5. The SMILES string of the molecule is C=O.CCOC(=O)N1C2=CC(OC)=C(OC)CC=C2CC(C)CC1C.CNCc1cc(C(F)(F)F)cc(C(F)(F)F)c1. The molecule has 1 amide bonds. The molecule has 1 fully saturated rings. The zero-order valence-electron chi connectivity index (χ0n) is 24.5. The second-order valence-corrected chi connectivity index (χ2v) is 9.57. The van der Waals surface area contributed by atoms with Crippen molar-refractivity contribution < 1.29 is 50.1 Å². The molecule has 3 rings (SSSR count).